The van der Waals surface area contributed by atoms with Gasteiger partial charge in [-0.05, 0) is 0 Å². The van der Waals surface area contributed by atoms with Gasteiger partial charge in [-0.3, -0.25) is 0 Å². The maximum Gasteiger partial charge on any atom is 1.00 e. The zero-order valence-corrected chi connectivity index (χ0v) is 14.2. The Morgan fingerprint density at radius 2 is 1.00 bits per heavy atom. The van der Waals surface area contributed by atoms with E-state index in [0.29, 0.717) is 0 Å². The Hall–Kier alpha value is 4.38. The van der Waals surface area contributed by atoms with Crippen LogP contribution in [0.2, 0.25) is 0 Å². The normalized spacial score (nSPS) is 7.38. The molecule has 0 radical (unpaired) electrons. The van der Waals surface area contributed by atoms with E-state index >= 15 is 0 Å². The largest absolute Gasteiger partial charge is 1.00 e. The van der Waals surface area contributed by atoms with Crippen molar-refractivity contribution >= 4 is 7.82 Å². The first-order valence-electron chi connectivity index (χ1n) is 0.730. The summed E-state index contributed by atoms with van der Waals surface area (Å²) in [7, 11) is -5.39. The third-order valence-corrected chi connectivity index (χ3v) is 0. The second-order valence-electron chi connectivity index (χ2n) is 0.447. The van der Waals surface area contributed by atoms with Crippen LogP contribution in [0.1, 0.15) is 0 Å². The third kappa shape index (κ3) is 47.6. The van der Waals surface area contributed by atoms with Crippen molar-refractivity contribution in [1.82, 2.24) is 0 Å². The van der Waals surface area contributed by atoms with Gasteiger partial charge in [-0.1, -0.05) is 0 Å². The Bertz CT molecular complexity index is 60.2. The molecule has 0 aromatic rings. The molecule has 0 aromatic carbocycles. The van der Waals surface area contributed by atoms with E-state index in [1.54, 1.807) is 0 Å². The first-order valence-corrected chi connectivity index (χ1v) is 2.19. The summed E-state index contributed by atoms with van der Waals surface area (Å²) in [5.41, 5.74) is 0. The fourth-order valence-corrected chi connectivity index (χ4v) is 0. The summed E-state index contributed by atoms with van der Waals surface area (Å²) in [6.07, 6.45) is 0. The molecule has 0 aromatic heterocycles. The molecule has 0 saturated carbocycles. The average molecular weight is 196 g/mol. The van der Waals surface area contributed by atoms with E-state index in [1.165, 1.54) is 0 Å². The van der Waals surface area contributed by atoms with Gasteiger partial charge in [0.1, 0.15) is 0 Å². The van der Waals surface area contributed by atoms with E-state index < -0.39 is 7.82 Å². The second-order valence-corrected chi connectivity index (χ2v) is 1.34. The molecule has 0 spiro atoms. The SMILES string of the molecule is O=P([O-])([O-])[O-].[K+].[K+].[Na+]. The van der Waals surface area contributed by atoms with Crippen LogP contribution in [0.3, 0.4) is 0 Å². The van der Waals surface area contributed by atoms with Gasteiger partial charge in [-0.15, -0.1) is 0 Å². The van der Waals surface area contributed by atoms with Gasteiger partial charge in [0.2, 0.25) is 0 Å². The number of hydrogen-bond acceptors (Lipinski definition) is 4. The van der Waals surface area contributed by atoms with Crippen LogP contribution in [0, 0.1) is 0 Å². The van der Waals surface area contributed by atoms with Crippen LogP contribution in [0.5, 0.6) is 0 Å². The van der Waals surface area contributed by atoms with Crippen LogP contribution in [-0.4, -0.2) is 0 Å². The predicted molar refractivity (Wildman–Crippen MR) is 7.61 cm³/mol. The molecule has 0 atom stereocenters. The third-order valence-electron chi connectivity index (χ3n) is 0. The smallest absolute Gasteiger partial charge is 0.822 e. The van der Waals surface area contributed by atoms with Crippen LogP contribution in [0.25, 0.3) is 0 Å². The first-order chi connectivity index (χ1) is 2.00. The standard InChI is InChI=1S/2K.Na.H3O4P/c;;;1-5(2,3)4/h;;;(H3,1,2,3,4)/q3*+1;/p-3. The molecule has 0 aliphatic carbocycles. The van der Waals surface area contributed by atoms with Crippen molar-refractivity contribution in [3.8, 4) is 0 Å². The van der Waals surface area contributed by atoms with Crippen LogP contribution >= 0.6 is 7.82 Å². The molecule has 8 heteroatoms. The van der Waals surface area contributed by atoms with Crippen LogP contribution in [-0.2, 0) is 4.57 Å². The number of hydrogen-bond donors (Lipinski definition) is 0. The molecule has 8 heavy (non-hydrogen) atoms. The van der Waals surface area contributed by atoms with Crippen molar-refractivity contribution in [3.05, 3.63) is 0 Å². The van der Waals surface area contributed by atoms with E-state index in [9.17, 15) is 0 Å². The van der Waals surface area contributed by atoms with Crippen molar-refractivity contribution in [2.45, 2.75) is 0 Å². The topological polar surface area (TPSA) is 86.2 Å². The first kappa shape index (κ1) is 22.8. The molecule has 0 N–H and O–H groups in total. The molecule has 0 fully saturated rings. The number of phosphoric acid groups is 1. The van der Waals surface area contributed by atoms with E-state index in [0.717, 1.165) is 0 Å². The van der Waals surface area contributed by atoms with Crippen LogP contribution in [0.4, 0.5) is 0 Å². The van der Waals surface area contributed by atoms with Gasteiger partial charge >= 0.3 is 132 Å². The van der Waals surface area contributed by atoms with E-state index in [4.69, 9.17) is 19.2 Å². The molecule has 0 aliphatic heterocycles. The predicted octanol–water partition coefficient (Wildman–Crippen LogP) is -11.8. The maximum atomic E-state index is 8.55. The molecule has 0 saturated heterocycles. The van der Waals surface area contributed by atoms with Gasteiger partial charge in [-0.25, -0.2) is 0 Å². The van der Waals surface area contributed by atoms with Crippen molar-refractivity contribution in [2.24, 2.45) is 0 Å². The summed E-state index contributed by atoms with van der Waals surface area (Å²) >= 11 is 0. The zero-order chi connectivity index (χ0) is 4.50. The van der Waals surface area contributed by atoms with Gasteiger partial charge in [0.25, 0.3) is 0 Å². The van der Waals surface area contributed by atoms with Crippen LogP contribution < -0.4 is 147 Å². The molecule has 0 unspecified atom stereocenters. The van der Waals surface area contributed by atoms with Crippen molar-refractivity contribution < 1.29 is 152 Å². The minimum atomic E-state index is -5.39. The van der Waals surface area contributed by atoms with Crippen molar-refractivity contribution in [3.63, 3.8) is 0 Å². The van der Waals surface area contributed by atoms with E-state index in [1.807, 2.05) is 0 Å². The van der Waals surface area contributed by atoms with Gasteiger partial charge in [0.15, 0.2) is 0 Å². The second kappa shape index (κ2) is 11.4. The van der Waals surface area contributed by atoms with E-state index in [2.05, 4.69) is 0 Å². The zero-order valence-electron chi connectivity index (χ0n) is 5.08. The Labute approximate surface area is 155 Å². The molecule has 4 nitrogen and oxygen atoms in total. The van der Waals surface area contributed by atoms with Crippen LogP contribution in [0.15, 0.2) is 0 Å². The Morgan fingerprint density at radius 1 is 1.00 bits per heavy atom. The van der Waals surface area contributed by atoms with Gasteiger partial charge in [-0.2, -0.15) is 7.82 Å². The molecule has 0 bridgehead atoms. The molecule has 0 amide bonds. The minimum Gasteiger partial charge on any atom is -0.822 e. The summed E-state index contributed by atoms with van der Waals surface area (Å²) in [4.78, 5) is 25.6. The molecule has 32 valence electrons. The molecule has 0 rings (SSSR count). The summed E-state index contributed by atoms with van der Waals surface area (Å²) in [6.45, 7) is 0. The summed E-state index contributed by atoms with van der Waals surface area (Å²) in [5, 5.41) is 0. The fraction of sp³-hybridized carbons (Fsp3) is 0. The molecular formula is K2NaO4P. The summed E-state index contributed by atoms with van der Waals surface area (Å²) in [5.74, 6) is 0. The van der Waals surface area contributed by atoms with E-state index in [-0.39, 0.29) is 132 Å². The Morgan fingerprint density at radius 3 is 1.00 bits per heavy atom. The monoisotopic (exact) mass is 196 g/mol. The maximum absolute atomic E-state index is 8.55. The quantitative estimate of drug-likeness (QED) is 0.284. The average Bonchev–Trinajstić information content (AvgIpc) is 0.722. The number of rotatable bonds is 0. The fourth-order valence-electron chi connectivity index (χ4n) is 0. The molecular weight excluding hydrogens is 196 g/mol. The van der Waals surface area contributed by atoms with Gasteiger partial charge in [0, 0.05) is 0 Å². The van der Waals surface area contributed by atoms with Gasteiger partial charge in [0.05, 0.1) is 0 Å². The Kier molecular flexibility index (Phi) is 32.5. The molecule has 0 aliphatic rings. The molecule has 0 heterocycles. The minimum absolute atomic E-state index is 0. The summed E-state index contributed by atoms with van der Waals surface area (Å²) in [6, 6.07) is 0. The van der Waals surface area contributed by atoms with Crippen molar-refractivity contribution in [1.29, 1.82) is 0 Å². The summed E-state index contributed by atoms with van der Waals surface area (Å²) < 4.78 is 8.55. The Balaban J connectivity index is -0.0000000267. The van der Waals surface area contributed by atoms with Crippen molar-refractivity contribution in [2.75, 3.05) is 0 Å². The van der Waals surface area contributed by atoms with Gasteiger partial charge < -0.3 is 19.2 Å².